The molecule has 0 fully saturated rings. The summed E-state index contributed by atoms with van der Waals surface area (Å²) in [5.74, 6) is 0.580. The molecule has 0 aliphatic carbocycles. The summed E-state index contributed by atoms with van der Waals surface area (Å²) in [5, 5.41) is 7.79. The Morgan fingerprint density at radius 3 is 2.39 bits per heavy atom. The average Bonchev–Trinajstić information content (AvgIpc) is 2.78. The molecule has 0 spiro atoms. The van der Waals surface area contributed by atoms with E-state index in [4.69, 9.17) is 21.8 Å². The van der Waals surface area contributed by atoms with E-state index >= 15 is 0 Å². The lowest BCUT2D eigenvalue weighted by atomic mass is 10.0. The van der Waals surface area contributed by atoms with Gasteiger partial charge in [0.25, 0.3) is 5.89 Å². The van der Waals surface area contributed by atoms with Crippen molar-refractivity contribution < 1.29 is 4.42 Å². The first-order valence-electron chi connectivity index (χ1n) is 5.83. The van der Waals surface area contributed by atoms with Crippen molar-refractivity contribution >= 4 is 17.6 Å². The van der Waals surface area contributed by atoms with Gasteiger partial charge in [0.2, 0.25) is 0 Å². The number of hydrogen-bond donors (Lipinski definition) is 1. The summed E-state index contributed by atoms with van der Waals surface area (Å²) in [6, 6.07) is 3.65. The van der Waals surface area contributed by atoms with E-state index in [0.29, 0.717) is 16.7 Å². The molecule has 0 aliphatic rings. The van der Waals surface area contributed by atoms with E-state index in [1.165, 1.54) is 0 Å². The number of anilines is 1. The number of aromatic nitrogens is 3. The van der Waals surface area contributed by atoms with Crippen LogP contribution in [0.15, 0.2) is 16.5 Å². The van der Waals surface area contributed by atoms with Gasteiger partial charge >= 0.3 is 6.01 Å². The maximum absolute atomic E-state index is 5.85. The molecule has 0 radical (unpaired) electrons. The summed E-state index contributed by atoms with van der Waals surface area (Å²) in [7, 11) is 0. The SMILES string of the molecule is CC.CC(C)c1ccc(Cl)nc1-c1nnc(N)o1. The van der Waals surface area contributed by atoms with Gasteiger partial charge in [0.15, 0.2) is 0 Å². The summed E-state index contributed by atoms with van der Waals surface area (Å²) in [6.07, 6.45) is 0. The van der Waals surface area contributed by atoms with Crippen molar-refractivity contribution in [1.29, 1.82) is 0 Å². The number of nitrogen functional groups attached to an aromatic ring is 1. The second-order valence-corrected chi connectivity index (χ2v) is 4.06. The zero-order valence-electron chi connectivity index (χ0n) is 10.9. The molecule has 0 atom stereocenters. The van der Waals surface area contributed by atoms with Gasteiger partial charge in [0, 0.05) is 0 Å². The zero-order valence-corrected chi connectivity index (χ0v) is 11.7. The maximum atomic E-state index is 5.85. The number of hydrogen-bond acceptors (Lipinski definition) is 5. The fourth-order valence-electron chi connectivity index (χ4n) is 1.41. The van der Waals surface area contributed by atoms with Gasteiger partial charge in [-0.2, -0.15) is 0 Å². The van der Waals surface area contributed by atoms with Crippen LogP contribution in [-0.2, 0) is 0 Å². The molecule has 0 aliphatic heterocycles. The van der Waals surface area contributed by atoms with Crippen molar-refractivity contribution in [2.45, 2.75) is 33.6 Å². The topological polar surface area (TPSA) is 77.8 Å². The number of nitrogens with zero attached hydrogens (tertiary/aromatic N) is 3. The number of pyridine rings is 1. The van der Waals surface area contributed by atoms with Gasteiger partial charge in [-0.3, -0.25) is 0 Å². The molecule has 0 amide bonds. The highest BCUT2D eigenvalue weighted by Crippen LogP contribution is 2.28. The summed E-state index contributed by atoms with van der Waals surface area (Å²) < 4.78 is 5.15. The quantitative estimate of drug-likeness (QED) is 0.843. The van der Waals surface area contributed by atoms with Crippen molar-refractivity contribution in [2.24, 2.45) is 0 Å². The van der Waals surface area contributed by atoms with Gasteiger partial charge < -0.3 is 10.2 Å². The monoisotopic (exact) mass is 268 g/mol. The van der Waals surface area contributed by atoms with Gasteiger partial charge in [0.1, 0.15) is 10.8 Å². The molecule has 2 aromatic heterocycles. The van der Waals surface area contributed by atoms with Crippen molar-refractivity contribution in [1.82, 2.24) is 15.2 Å². The highest BCUT2D eigenvalue weighted by Gasteiger charge is 2.16. The van der Waals surface area contributed by atoms with Crippen LogP contribution in [0.3, 0.4) is 0 Å². The van der Waals surface area contributed by atoms with Crippen LogP contribution in [0, 0.1) is 0 Å². The summed E-state index contributed by atoms with van der Waals surface area (Å²) in [4.78, 5) is 4.19. The minimum absolute atomic E-state index is 0.0199. The Kier molecular flexibility index (Phi) is 5.09. The second kappa shape index (κ2) is 6.35. The lowest BCUT2D eigenvalue weighted by Gasteiger charge is -2.08. The van der Waals surface area contributed by atoms with Crippen LogP contribution in [0.4, 0.5) is 6.01 Å². The maximum Gasteiger partial charge on any atom is 0.313 e. The fourth-order valence-corrected chi connectivity index (χ4v) is 1.56. The molecule has 2 rings (SSSR count). The van der Waals surface area contributed by atoms with Crippen LogP contribution < -0.4 is 5.73 Å². The molecule has 98 valence electrons. The minimum atomic E-state index is 0.0199. The fraction of sp³-hybridized carbons (Fsp3) is 0.417. The molecule has 6 heteroatoms. The van der Waals surface area contributed by atoms with E-state index in [1.807, 2.05) is 33.8 Å². The van der Waals surface area contributed by atoms with Crippen molar-refractivity contribution in [2.75, 3.05) is 5.73 Å². The number of nitrogens with two attached hydrogens (primary N) is 1. The van der Waals surface area contributed by atoms with Crippen LogP contribution in [0.5, 0.6) is 0 Å². The third-order valence-electron chi connectivity index (χ3n) is 2.16. The third-order valence-corrected chi connectivity index (χ3v) is 2.37. The van der Waals surface area contributed by atoms with Crippen molar-refractivity contribution in [3.63, 3.8) is 0 Å². The first kappa shape index (κ1) is 14.4. The average molecular weight is 269 g/mol. The van der Waals surface area contributed by atoms with Crippen LogP contribution in [0.1, 0.15) is 39.2 Å². The van der Waals surface area contributed by atoms with Gasteiger partial charge in [-0.1, -0.05) is 50.5 Å². The molecule has 2 aromatic rings. The highest BCUT2D eigenvalue weighted by atomic mass is 35.5. The Hall–Kier alpha value is -1.62. The summed E-state index contributed by atoms with van der Waals surface area (Å²) in [5.41, 5.74) is 6.96. The Morgan fingerprint density at radius 2 is 1.89 bits per heavy atom. The standard InChI is InChI=1S/C10H11ClN4O.C2H6/c1-5(2)6-3-4-7(11)13-8(6)9-14-15-10(12)16-9;1-2/h3-5H,1-2H3,(H2,12,15);1-2H3. The second-order valence-electron chi connectivity index (χ2n) is 3.67. The van der Waals surface area contributed by atoms with Crippen LogP contribution in [-0.4, -0.2) is 15.2 Å². The molecule has 18 heavy (non-hydrogen) atoms. The molecule has 0 saturated heterocycles. The van der Waals surface area contributed by atoms with Gasteiger partial charge in [0.05, 0.1) is 0 Å². The number of rotatable bonds is 2. The summed E-state index contributed by atoms with van der Waals surface area (Å²) >= 11 is 5.85. The smallest absolute Gasteiger partial charge is 0.313 e. The largest absolute Gasteiger partial charge is 0.402 e. The predicted molar refractivity (Wildman–Crippen MR) is 72.4 cm³/mol. The normalized spacial score (nSPS) is 10.1. The van der Waals surface area contributed by atoms with Crippen LogP contribution in [0.25, 0.3) is 11.6 Å². The predicted octanol–water partition coefficient (Wildman–Crippen LogP) is 3.52. The first-order chi connectivity index (χ1) is 8.58. The Balaban J connectivity index is 0.000000771. The summed E-state index contributed by atoms with van der Waals surface area (Å²) in [6.45, 7) is 8.10. The molecule has 0 saturated carbocycles. The molecule has 0 unspecified atom stereocenters. The third kappa shape index (κ3) is 3.20. The van der Waals surface area contributed by atoms with Crippen LogP contribution in [0.2, 0.25) is 5.15 Å². The van der Waals surface area contributed by atoms with E-state index in [1.54, 1.807) is 6.07 Å². The van der Waals surface area contributed by atoms with E-state index in [2.05, 4.69) is 15.2 Å². The van der Waals surface area contributed by atoms with Crippen molar-refractivity contribution in [3.05, 3.63) is 22.8 Å². The molecule has 2 heterocycles. The minimum Gasteiger partial charge on any atom is -0.402 e. The van der Waals surface area contributed by atoms with Gasteiger partial charge in [-0.15, -0.1) is 5.10 Å². The Bertz CT molecular complexity index is 511. The van der Waals surface area contributed by atoms with E-state index in [-0.39, 0.29) is 11.9 Å². The molecular weight excluding hydrogens is 252 g/mol. The molecule has 0 bridgehead atoms. The lowest BCUT2D eigenvalue weighted by molar-refractivity contribution is 0.586. The molecule has 2 N–H and O–H groups in total. The van der Waals surface area contributed by atoms with Gasteiger partial charge in [-0.25, -0.2) is 4.98 Å². The molecule has 5 nitrogen and oxygen atoms in total. The van der Waals surface area contributed by atoms with Gasteiger partial charge in [-0.05, 0) is 17.5 Å². The Morgan fingerprint density at radius 1 is 1.22 bits per heavy atom. The van der Waals surface area contributed by atoms with E-state index in [0.717, 1.165) is 5.56 Å². The van der Waals surface area contributed by atoms with Crippen molar-refractivity contribution in [3.8, 4) is 11.6 Å². The highest BCUT2D eigenvalue weighted by molar-refractivity contribution is 6.29. The number of halogens is 1. The zero-order chi connectivity index (χ0) is 13.7. The molecular formula is C12H17ClN4O. The van der Waals surface area contributed by atoms with E-state index in [9.17, 15) is 0 Å². The van der Waals surface area contributed by atoms with E-state index < -0.39 is 0 Å². The van der Waals surface area contributed by atoms with Crippen LogP contribution >= 0.6 is 11.6 Å². The first-order valence-corrected chi connectivity index (χ1v) is 6.21. The Labute approximate surface area is 111 Å². The lowest BCUT2D eigenvalue weighted by Crippen LogP contribution is -1.96. The molecule has 0 aromatic carbocycles.